The van der Waals surface area contributed by atoms with Gasteiger partial charge in [-0.1, -0.05) is 11.2 Å². The quantitative estimate of drug-likeness (QED) is 0.633. The number of hydrogen-bond acceptors (Lipinski definition) is 7. The Bertz CT molecular complexity index is 945. The molecule has 9 heteroatoms. The van der Waals surface area contributed by atoms with E-state index in [9.17, 15) is 9.59 Å². The lowest BCUT2D eigenvalue weighted by Gasteiger charge is -2.34. The Morgan fingerprint density at radius 3 is 2.48 bits per heavy atom. The SMILES string of the molecule is CN(C)c1cccc(C(=O)N2CCN(Cc3noc(CCC(=O)N4CCCCC4)n3)CC2)c1. The first kappa shape index (κ1) is 23.2. The molecule has 2 aliphatic heterocycles. The Morgan fingerprint density at radius 1 is 1.00 bits per heavy atom. The minimum atomic E-state index is 0.0681. The predicted molar refractivity (Wildman–Crippen MR) is 125 cm³/mol. The minimum Gasteiger partial charge on any atom is -0.378 e. The van der Waals surface area contributed by atoms with Gasteiger partial charge < -0.3 is 19.2 Å². The van der Waals surface area contributed by atoms with Crippen LogP contribution in [0.1, 0.15) is 47.8 Å². The van der Waals surface area contributed by atoms with Gasteiger partial charge >= 0.3 is 0 Å². The highest BCUT2D eigenvalue weighted by molar-refractivity contribution is 5.95. The van der Waals surface area contributed by atoms with Crippen LogP contribution in [0.25, 0.3) is 0 Å². The van der Waals surface area contributed by atoms with Crippen molar-refractivity contribution in [2.45, 2.75) is 38.6 Å². The van der Waals surface area contributed by atoms with Crippen molar-refractivity contribution in [1.82, 2.24) is 24.8 Å². The summed E-state index contributed by atoms with van der Waals surface area (Å²) in [6, 6.07) is 7.73. The van der Waals surface area contributed by atoms with Crippen LogP contribution >= 0.6 is 0 Å². The normalized spacial score (nSPS) is 17.3. The number of rotatable bonds is 7. The van der Waals surface area contributed by atoms with E-state index in [0.717, 1.165) is 50.3 Å². The molecule has 0 N–H and O–H groups in total. The number of carbonyl (C=O) groups is 2. The molecule has 3 heterocycles. The second-order valence-corrected chi connectivity index (χ2v) is 9.06. The summed E-state index contributed by atoms with van der Waals surface area (Å²) in [5.41, 5.74) is 1.74. The van der Waals surface area contributed by atoms with Crippen LogP contribution in [0, 0.1) is 0 Å². The summed E-state index contributed by atoms with van der Waals surface area (Å²) in [7, 11) is 3.94. The highest BCUT2D eigenvalue weighted by atomic mass is 16.5. The van der Waals surface area contributed by atoms with Crippen LogP contribution in [0.4, 0.5) is 5.69 Å². The summed E-state index contributed by atoms with van der Waals surface area (Å²) in [6.07, 6.45) is 4.30. The summed E-state index contributed by atoms with van der Waals surface area (Å²) in [4.78, 5) is 37.8. The predicted octanol–water partition coefficient (Wildman–Crippen LogP) is 2.04. The fourth-order valence-electron chi connectivity index (χ4n) is 4.38. The second-order valence-electron chi connectivity index (χ2n) is 9.06. The standard InChI is InChI=1S/C24H34N6O3/c1-27(2)20-8-6-7-19(17-20)24(32)30-15-13-28(14-16-30)18-21-25-22(33-26-21)9-10-23(31)29-11-4-3-5-12-29/h6-8,17H,3-5,9-16,18H2,1-2H3. The molecular weight excluding hydrogens is 420 g/mol. The Labute approximate surface area is 195 Å². The highest BCUT2D eigenvalue weighted by Crippen LogP contribution is 2.17. The van der Waals surface area contributed by atoms with Crippen molar-refractivity contribution >= 4 is 17.5 Å². The third kappa shape index (κ3) is 6.10. The number of aryl methyl sites for hydroxylation is 1. The number of likely N-dealkylation sites (tertiary alicyclic amines) is 1. The van der Waals surface area contributed by atoms with Crippen molar-refractivity contribution in [2.75, 3.05) is 58.3 Å². The topological polar surface area (TPSA) is 86.0 Å². The summed E-state index contributed by atoms with van der Waals surface area (Å²) in [5.74, 6) is 1.39. The van der Waals surface area contributed by atoms with Crippen LogP contribution in [0.3, 0.4) is 0 Å². The fourth-order valence-corrected chi connectivity index (χ4v) is 4.38. The Hall–Kier alpha value is -2.94. The molecule has 1 aromatic carbocycles. The molecule has 0 aliphatic carbocycles. The number of piperidine rings is 1. The average Bonchev–Trinajstić information content (AvgIpc) is 3.30. The van der Waals surface area contributed by atoms with Gasteiger partial charge in [0.2, 0.25) is 11.8 Å². The number of anilines is 1. The summed E-state index contributed by atoms with van der Waals surface area (Å²) in [5, 5.41) is 4.09. The third-order valence-electron chi connectivity index (χ3n) is 6.41. The van der Waals surface area contributed by atoms with Crippen LogP contribution in [0.15, 0.2) is 28.8 Å². The molecular formula is C24H34N6O3. The van der Waals surface area contributed by atoms with Gasteiger partial charge in [-0.3, -0.25) is 14.5 Å². The first-order valence-electron chi connectivity index (χ1n) is 11.9. The number of benzene rings is 1. The molecule has 1 aromatic heterocycles. The van der Waals surface area contributed by atoms with Gasteiger partial charge in [0.25, 0.3) is 5.91 Å². The van der Waals surface area contributed by atoms with Crippen LogP contribution in [-0.4, -0.2) is 90.0 Å². The second kappa shape index (κ2) is 10.8. The Kier molecular flexibility index (Phi) is 7.59. The van der Waals surface area contributed by atoms with Crippen molar-refractivity contribution < 1.29 is 14.1 Å². The third-order valence-corrected chi connectivity index (χ3v) is 6.41. The van der Waals surface area contributed by atoms with E-state index in [0.29, 0.717) is 44.2 Å². The summed E-state index contributed by atoms with van der Waals surface area (Å²) >= 11 is 0. The van der Waals surface area contributed by atoms with E-state index < -0.39 is 0 Å². The number of aromatic nitrogens is 2. The molecule has 2 amide bonds. The van der Waals surface area contributed by atoms with Gasteiger partial charge in [0.15, 0.2) is 5.82 Å². The number of nitrogens with zero attached hydrogens (tertiary/aromatic N) is 6. The van der Waals surface area contributed by atoms with Crippen molar-refractivity contribution in [2.24, 2.45) is 0 Å². The van der Waals surface area contributed by atoms with E-state index in [2.05, 4.69) is 15.0 Å². The molecule has 0 atom stereocenters. The van der Waals surface area contributed by atoms with Crippen LogP contribution in [0.5, 0.6) is 0 Å². The molecule has 2 aliphatic rings. The van der Waals surface area contributed by atoms with E-state index in [-0.39, 0.29) is 11.8 Å². The summed E-state index contributed by atoms with van der Waals surface area (Å²) in [6.45, 7) is 5.17. The zero-order valence-corrected chi connectivity index (χ0v) is 19.7. The van der Waals surface area contributed by atoms with Crippen molar-refractivity contribution in [3.05, 3.63) is 41.5 Å². The fraction of sp³-hybridized carbons (Fsp3) is 0.583. The van der Waals surface area contributed by atoms with Crippen LogP contribution in [-0.2, 0) is 17.8 Å². The Morgan fingerprint density at radius 2 is 1.76 bits per heavy atom. The molecule has 4 rings (SSSR count). The maximum Gasteiger partial charge on any atom is 0.254 e. The van der Waals surface area contributed by atoms with Crippen LogP contribution < -0.4 is 4.90 Å². The first-order valence-corrected chi connectivity index (χ1v) is 11.9. The van der Waals surface area contributed by atoms with Crippen molar-refractivity contribution in [1.29, 1.82) is 0 Å². The smallest absolute Gasteiger partial charge is 0.254 e. The average molecular weight is 455 g/mol. The van der Waals surface area contributed by atoms with E-state index in [1.807, 2.05) is 53.1 Å². The van der Waals surface area contributed by atoms with Crippen molar-refractivity contribution in [3.63, 3.8) is 0 Å². The van der Waals surface area contributed by atoms with Gasteiger partial charge in [-0.25, -0.2) is 0 Å². The number of piperazine rings is 1. The molecule has 2 aromatic rings. The zero-order valence-electron chi connectivity index (χ0n) is 19.7. The number of hydrogen-bond donors (Lipinski definition) is 0. The van der Waals surface area contributed by atoms with Gasteiger partial charge in [-0.15, -0.1) is 0 Å². The molecule has 2 fully saturated rings. The lowest BCUT2D eigenvalue weighted by atomic mass is 10.1. The molecule has 178 valence electrons. The molecule has 0 radical (unpaired) electrons. The number of carbonyl (C=O) groups excluding carboxylic acids is 2. The van der Waals surface area contributed by atoms with E-state index in [1.54, 1.807) is 0 Å². The van der Waals surface area contributed by atoms with Gasteiger partial charge in [0, 0.05) is 77.5 Å². The van der Waals surface area contributed by atoms with E-state index >= 15 is 0 Å². The largest absolute Gasteiger partial charge is 0.378 e. The maximum absolute atomic E-state index is 12.9. The van der Waals surface area contributed by atoms with Gasteiger partial charge in [0.1, 0.15) is 0 Å². The molecule has 2 saturated heterocycles. The van der Waals surface area contributed by atoms with Crippen molar-refractivity contribution in [3.8, 4) is 0 Å². The molecule has 0 bridgehead atoms. The van der Waals surface area contributed by atoms with Gasteiger partial charge in [-0.2, -0.15) is 4.98 Å². The number of amides is 2. The van der Waals surface area contributed by atoms with E-state index in [1.165, 1.54) is 6.42 Å². The minimum absolute atomic E-state index is 0.0681. The Balaban J connectivity index is 1.22. The molecule has 9 nitrogen and oxygen atoms in total. The lowest BCUT2D eigenvalue weighted by Crippen LogP contribution is -2.48. The molecule has 0 saturated carbocycles. The monoisotopic (exact) mass is 454 g/mol. The molecule has 33 heavy (non-hydrogen) atoms. The van der Waals surface area contributed by atoms with Gasteiger partial charge in [-0.05, 0) is 37.5 Å². The maximum atomic E-state index is 12.9. The lowest BCUT2D eigenvalue weighted by molar-refractivity contribution is -0.132. The highest BCUT2D eigenvalue weighted by Gasteiger charge is 2.24. The molecule has 0 spiro atoms. The summed E-state index contributed by atoms with van der Waals surface area (Å²) < 4.78 is 5.36. The van der Waals surface area contributed by atoms with Crippen LogP contribution in [0.2, 0.25) is 0 Å². The molecule has 0 unspecified atom stereocenters. The van der Waals surface area contributed by atoms with E-state index in [4.69, 9.17) is 4.52 Å². The van der Waals surface area contributed by atoms with Gasteiger partial charge in [0.05, 0.1) is 6.54 Å². The zero-order chi connectivity index (χ0) is 23.2. The first-order chi connectivity index (χ1) is 16.0.